The third-order valence-corrected chi connectivity index (χ3v) is 4.55. The molecule has 6 heteroatoms. The van der Waals surface area contributed by atoms with Crippen LogP contribution in [0.15, 0.2) is 42.5 Å². The van der Waals surface area contributed by atoms with E-state index in [-0.39, 0.29) is 11.2 Å². The van der Waals surface area contributed by atoms with Crippen LogP contribution in [0.3, 0.4) is 0 Å². The smallest absolute Gasteiger partial charge is 0.315 e. The van der Waals surface area contributed by atoms with Gasteiger partial charge >= 0.3 is 6.48 Å². The first-order chi connectivity index (χ1) is 14.2. The Balaban J connectivity index is 2.29. The van der Waals surface area contributed by atoms with Crippen LogP contribution in [-0.4, -0.2) is 40.7 Å². The fourth-order valence-electron chi connectivity index (χ4n) is 2.98. The van der Waals surface area contributed by atoms with Crippen molar-refractivity contribution in [2.75, 3.05) is 28.4 Å². The second-order valence-electron chi connectivity index (χ2n) is 7.61. The van der Waals surface area contributed by atoms with Crippen LogP contribution < -0.4 is 14.2 Å². The number of rotatable bonds is 9. The largest absolute Gasteiger partial charge is 0.496 e. The van der Waals surface area contributed by atoms with Crippen LogP contribution in [-0.2, 0) is 14.9 Å². The van der Waals surface area contributed by atoms with Gasteiger partial charge in [0.05, 0.1) is 19.8 Å². The third-order valence-electron chi connectivity index (χ3n) is 4.55. The van der Waals surface area contributed by atoms with Gasteiger partial charge in [0.1, 0.15) is 17.2 Å². The average Bonchev–Trinajstić information content (AvgIpc) is 2.74. The maximum absolute atomic E-state index is 12.7. The van der Waals surface area contributed by atoms with Gasteiger partial charge in [0.15, 0.2) is 5.78 Å². The minimum Gasteiger partial charge on any atom is -0.496 e. The van der Waals surface area contributed by atoms with E-state index in [0.717, 1.165) is 11.1 Å². The summed E-state index contributed by atoms with van der Waals surface area (Å²) in [5, 5.41) is 0. The normalized spacial score (nSPS) is 11.7. The van der Waals surface area contributed by atoms with Crippen molar-refractivity contribution in [1.82, 2.24) is 0 Å². The molecule has 0 atom stereocenters. The lowest BCUT2D eigenvalue weighted by atomic mass is 9.85. The van der Waals surface area contributed by atoms with Gasteiger partial charge in [-0.25, -0.2) is 0 Å². The third kappa shape index (κ3) is 5.62. The van der Waals surface area contributed by atoms with Gasteiger partial charge in [0.2, 0.25) is 0 Å². The van der Waals surface area contributed by atoms with Gasteiger partial charge in [-0.2, -0.15) is 0 Å². The second-order valence-corrected chi connectivity index (χ2v) is 7.61. The van der Waals surface area contributed by atoms with Crippen molar-refractivity contribution in [2.24, 2.45) is 0 Å². The van der Waals surface area contributed by atoms with Crippen LogP contribution in [0.4, 0.5) is 0 Å². The Hall–Kier alpha value is -2.83. The van der Waals surface area contributed by atoms with Gasteiger partial charge in [-0.05, 0) is 47.9 Å². The molecule has 2 aromatic carbocycles. The van der Waals surface area contributed by atoms with Crippen molar-refractivity contribution < 1.29 is 28.5 Å². The first kappa shape index (κ1) is 23.4. The van der Waals surface area contributed by atoms with Crippen LogP contribution in [0.2, 0.25) is 0 Å². The molecule has 2 aromatic rings. The van der Waals surface area contributed by atoms with Gasteiger partial charge in [-0.3, -0.25) is 4.79 Å². The molecule has 0 spiro atoms. The van der Waals surface area contributed by atoms with E-state index in [1.165, 1.54) is 20.3 Å². The first-order valence-corrected chi connectivity index (χ1v) is 9.55. The first-order valence-electron chi connectivity index (χ1n) is 9.55. The molecule has 0 radical (unpaired) electrons. The predicted octanol–water partition coefficient (Wildman–Crippen LogP) is 4.85. The number of carbonyl (C=O) groups excluding carboxylic acids is 1. The van der Waals surface area contributed by atoms with Crippen LogP contribution >= 0.6 is 0 Å². The zero-order valence-electron chi connectivity index (χ0n) is 18.6. The van der Waals surface area contributed by atoms with Crippen molar-refractivity contribution in [3.05, 3.63) is 59.2 Å². The van der Waals surface area contributed by atoms with Crippen LogP contribution in [0.1, 0.15) is 42.3 Å². The van der Waals surface area contributed by atoms with Gasteiger partial charge in [-0.1, -0.05) is 26.8 Å². The Morgan fingerprint density at radius 2 is 1.53 bits per heavy atom. The minimum atomic E-state index is -0.804. The average molecular weight is 414 g/mol. The number of allylic oxidation sites excluding steroid dienone is 1. The van der Waals surface area contributed by atoms with E-state index in [9.17, 15) is 4.79 Å². The highest BCUT2D eigenvalue weighted by Gasteiger charge is 2.22. The van der Waals surface area contributed by atoms with Crippen molar-refractivity contribution >= 4 is 11.9 Å². The number of carbonyl (C=O) groups is 1. The molecule has 0 aromatic heterocycles. The molecular formula is C24H30O6. The summed E-state index contributed by atoms with van der Waals surface area (Å²) in [7, 11) is 6.17. The van der Waals surface area contributed by atoms with Gasteiger partial charge in [0.25, 0.3) is 0 Å². The fourth-order valence-corrected chi connectivity index (χ4v) is 2.98. The SMILES string of the molecule is COc1ccc(C(C)(C)C)c(OC)c1C=CC(=O)c1ccc(OC(OC)OC)cc1. The molecule has 2 rings (SSSR count). The summed E-state index contributed by atoms with van der Waals surface area (Å²) >= 11 is 0. The number of ketones is 1. The number of hydrogen-bond donors (Lipinski definition) is 0. The lowest BCUT2D eigenvalue weighted by Gasteiger charge is -2.24. The molecule has 30 heavy (non-hydrogen) atoms. The van der Waals surface area contributed by atoms with Crippen molar-refractivity contribution in [3.63, 3.8) is 0 Å². The molecular weight excluding hydrogens is 384 g/mol. The Morgan fingerprint density at radius 1 is 0.900 bits per heavy atom. The van der Waals surface area contributed by atoms with E-state index in [4.69, 9.17) is 23.7 Å². The second kappa shape index (κ2) is 10.3. The van der Waals surface area contributed by atoms with Crippen LogP contribution in [0, 0.1) is 0 Å². The molecule has 0 bridgehead atoms. The fraction of sp³-hybridized carbons (Fsp3) is 0.375. The number of hydrogen-bond acceptors (Lipinski definition) is 6. The molecule has 0 saturated carbocycles. The van der Waals surface area contributed by atoms with E-state index in [2.05, 4.69) is 20.8 Å². The summed E-state index contributed by atoms with van der Waals surface area (Å²) in [4.78, 5) is 12.7. The molecule has 0 heterocycles. The highest BCUT2D eigenvalue weighted by atomic mass is 16.8. The lowest BCUT2D eigenvalue weighted by molar-refractivity contribution is -0.219. The van der Waals surface area contributed by atoms with E-state index >= 15 is 0 Å². The number of benzene rings is 2. The van der Waals surface area contributed by atoms with Crippen molar-refractivity contribution in [2.45, 2.75) is 32.7 Å². The van der Waals surface area contributed by atoms with Gasteiger partial charge in [0, 0.05) is 25.3 Å². The van der Waals surface area contributed by atoms with Gasteiger partial charge < -0.3 is 23.7 Å². The summed E-state index contributed by atoms with van der Waals surface area (Å²) < 4.78 is 26.6. The minimum absolute atomic E-state index is 0.123. The van der Waals surface area contributed by atoms with E-state index < -0.39 is 6.48 Å². The molecule has 0 fully saturated rings. The van der Waals surface area contributed by atoms with Crippen molar-refractivity contribution in [3.8, 4) is 17.2 Å². The summed E-state index contributed by atoms with van der Waals surface area (Å²) in [6, 6.07) is 10.6. The monoisotopic (exact) mass is 414 g/mol. The lowest BCUT2D eigenvalue weighted by Crippen LogP contribution is -2.20. The molecule has 0 aliphatic rings. The molecule has 0 amide bonds. The van der Waals surface area contributed by atoms with E-state index in [1.54, 1.807) is 44.6 Å². The zero-order chi connectivity index (χ0) is 22.3. The number of methoxy groups -OCH3 is 4. The predicted molar refractivity (Wildman–Crippen MR) is 116 cm³/mol. The Labute approximate surface area is 178 Å². The maximum atomic E-state index is 12.7. The number of ether oxygens (including phenoxy) is 5. The summed E-state index contributed by atoms with van der Waals surface area (Å²) in [5.74, 6) is 1.71. The quantitative estimate of drug-likeness (QED) is 0.332. The molecule has 0 aliphatic carbocycles. The maximum Gasteiger partial charge on any atom is 0.315 e. The molecule has 0 aliphatic heterocycles. The molecule has 0 N–H and O–H groups in total. The highest BCUT2D eigenvalue weighted by Crippen LogP contribution is 2.39. The molecule has 0 unspecified atom stereocenters. The highest BCUT2D eigenvalue weighted by molar-refractivity contribution is 6.07. The summed E-state index contributed by atoms with van der Waals surface area (Å²) in [6.07, 6.45) is 3.24. The molecule has 0 saturated heterocycles. The van der Waals surface area contributed by atoms with E-state index in [1.807, 2.05) is 12.1 Å². The summed E-state index contributed by atoms with van der Waals surface area (Å²) in [6.45, 7) is 5.52. The standard InChI is InChI=1S/C24H30O6/c1-24(2,3)19-13-15-21(26-4)18(22(19)27-5)12-14-20(25)16-8-10-17(11-9-16)30-23(28-6)29-7/h8-15,23H,1-7H3. The van der Waals surface area contributed by atoms with Crippen molar-refractivity contribution in [1.29, 1.82) is 0 Å². The topological polar surface area (TPSA) is 63.2 Å². The zero-order valence-corrected chi connectivity index (χ0v) is 18.6. The molecule has 162 valence electrons. The van der Waals surface area contributed by atoms with Crippen LogP contribution in [0.5, 0.6) is 17.2 Å². The summed E-state index contributed by atoms with van der Waals surface area (Å²) in [5.41, 5.74) is 2.16. The Bertz CT molecular complexity index is 874. The van der Waals surface area contributed by atoms with E-state index in [0.29, 0.717) is 22.8 Å². The van der Waals surface area contributed by atoms with Crippen LogP contribution in [0.25, 0.3) is 6.08 Å². The Kier molecular flexibility index (Phi) is 8.03. The van der Waals surface area contributed by atoms with Gasteiger partial charge in [-0.15, -0.1) is 0 Å². The molecule has 6 nitrogen and oxygen atoms in total. The Morgan fingerprint density at radius 3 is 2.03 bits per heavy atom.